The largest absolute Gasteiger partial charge is 0.354 e. The number of anilines is 1. The number of carbonyl (C=O) groups excluding carboxylic acids is 2. The summed E-state index contributed by atoms with van der Waals surface area (Å²) in [5.41, 5.74) is 0.830. The minimum absolute atomic E-state index is 0.0389. The predicted octanol–water partition coefficient (Wildman–Crippen LogP) is 5.14. The molecule has 0 bridgehead atoms. The van der Waals surface area contributed by atoms with E-state index in [4.69, 9.17) is 34.8 Å². The summed E-state index contributed by atoms with van der Waals surface area (Å²) in [5, 5.41) is 3.72. The smallest absolute Gasteiger partial charge is 0.244 e. The van der Waals surface area contributed by atoms with Gasteiger partial charge in [-0.15, -0.1) is 0 Å². The Kier molecular flexibility index (Phi) is 11.1. The average Bonchev–Trinajstić information content (AvgIpc) is 2.79. The Morgan fingerprint density at radius 1 is 1.00 bits per heavy atom. The Bertz CT molecular complexity index is 1140. The van der Waals surface area contributed by atoms with Gasteiger partial charge in [-0.05, 0) is 42.7 Å². The molecule has 2 aromatic rings. The molecule has 2 aromatic carbocycles. The zero-order chi connectivity index (χ0) is 26.2. The number of hydrogen-bond donors (Lipinski definition) is 1. The van der Waals surface area contributed by atoms with E-state index in [-0.39, 0.29) is 28.2 Å². The van der Waals surface area contributed by atoms with E-state index in [0.717, 1.165) is 23.4 Å². The molecule has 1 N–H and O–H groups in total. The van der Waals surface area contributed by atoms with Crippen molar-refractivity contribution in [1.29, 1.82) is 0 Å². The van der Waals surface area contributed by atoms with Crippen LogP contribution >= 0.6 is 34.8 Å². The van der Waals surface area contributed by atoms with Crippen molar-refractivity contribution in [3.8, 4) is 0 Å². The van der Waals surface area contributed by atoms with Crippen molar-refractivity contribution in [2.24, 2.45) is 0 Å². The summed E-state index contributed by atoms with van der Waals surface area (Å²) < 4.78 is 26.2. The summed E-state index contributed by atoms with van der Waals surface area (Å²) in [6.45, 7) is 3.81. The summed E-state index contributed by atoms with van der Waals surface area (Å²) in [6, 6.07) is 10.5. The maximum atomic E-state index is 13.6. The van der Waals surface area contributed by atoms with E-state index in [2.05, 4.69) is 5.32 Å². The highest BCUT2D eigenvalue weighted by Gasteiger charge is 2.32. The molecule has 0 aliphatic rings. The van der Waals surface area contributed by atoms with Crippen molar-refractivity contribution in [3.63, 3.8) is 0 Å². The lowest BCUT2D eigenvalue weighted by Gasteiger charge is -2.33. The second kappa shape index (κ2) is 13.3. The number of sulfonamides is 1. The third-order valence-electron chi connectivity index (χ3n) is 5.38. The second-order valence-corrected chi connectivity index (χ2v) is 11.2. The summed E-state index contributed by atoms with van der Waals surface area (Å²) in [4.78, 5) is 28.0. The van der Waals surface area contributed by atoms with Gasteiger partial charge < -0.3 is 10.2 Å². The molecule has 0 fully saturated rings. The fourth-order valence-electron chi connectivity index (χ4n) is 3.49. The number of carbonyl (C=O) groups is 2. The molecular formula is C24H30Cl3N3O4S. The minimum Gasteiger partial charge on any atom is -0.354 e. The molecule has 1 atom stereocenters. The van der Waals surface area contributed by atoms with Gasteiger partial charge in [0.1, 0.15) is 12.6 Å². The summed E-state index contributed by atoms with van der Waals surface area (Å²) >= 11 is 18.4. The maximum absolute atomic E-state index is 13.6. The Morgan fingerprint density at radius 2 is 1.69 bits per heavy atom. The summed E-state index contributed by atoms with van der Waals surface area (Å²) in [6.07, 6.45) is 3.04. The lowest BCUT2D eigenvalue weighted by molar-refractivity contribution is -0.140. The normalized spacial score (nSPS) is 12.2. The zero-order valence-corrected chi connectivity index (χ0v) is 23.0. The Balaban J connectivity index is 2.43. The van der Waals surface area contributed by atoms with Gasteiger partial charge in [-0.25, -0.2) is 8.42 Å². The average molecular weight is 563 g/mol. The van der Waals surface area contributed by atoms with Gasteiger partial charge in [0.2, 0.25) is 21.8 Å². The van der Waals surface area contributed by atoms with Gasteiger partial charge >= 0.3 is 0 Å². The van der Waals surface area contributed by atoms with Crippen LogP contribution in [0.1, 0.15) is 38.7 Å². The molecule has 0 heterocycles. The van der Waals surface area contributed by atoms with Crippen molar-refractivity contribution in [2.75, 3.05) is 23.7 Å². The van der Waals surface area contributed by atoms with Crippen LogP contribution in [0, 0.1) is 0 Å². The Labute approximate surface area is 222 Å². The molecule has 35 heavy (non-hydrogen) atoms. The van der Waals surface area contributed by atoms with E-state index in [1.54, 1.807) is 31.2 Å². The molecule has 2 amide bonds. The lowest BCUT2D eigenvalue weighted by atomic mass is 10.1. The van der Waals surface area contributed by atoms with Gasteiger partial charge in [0, 0.05) is 18.1 Å². The van der Waals surface area contributed by atoms with Crippen LogP contribution in [-0.4, -0.2) is 50.5 Å². The Morgan fingerprint density at radius 3 is 2.26 bits per heavy atom. The maximum Gasteiger partial charge on any atom is 0.244 e. The topological polar surface area (TPSA) is 86.8 Å². The first-order valence-corrected chi connectivity index (χ1v) is 14.2. The van der Waals surface area contributed by atoms with Crippen molar-refractivity contribution >= 4 is 62.3 Å². The van der Waals surface area contributed by atoms with Crippen LogP contribution in [-0.2, 0) is 26.2 Å². The molecule has 0 saturated carbocycles. The highest BCUT2D eigenvalue weighted by atomic mass is 35.5. The fraction of sp³-hybridized carbons (Fsp3) is 0.417. The minimum atomic E-state index is -3.87. The van der Waals surface area contributed by atoms with Crippen LogP contribution < -0.4 is 9.62 Å². The summed E-state index contributed by atoms with van der Waals surface area (Å²) in [5.74, 6) is -0.860. The van der Waals surface area contributed by atoms with Crippen molar-refractivity contribution in [3.05, 3.63) is 63.1 Å². The first kappa shape index (κ1) is 29.2. The fourth-order valence-corrected chi connectivity index (χ4v) is 4.82. The molecule has 7 nitrogen and oxygen atoms in total. The van der Waals surface area contributed by atoms with E-state index >= 15 is 0 Å². The standard InChI is InChI=1S/C24H30Cl3N3O4S/c1-4-6-13-28-24(32)22(5-2)29(15-17-9-7-8-10-19(17)25)23(31)16-30(35(3,33)34)18-11-12-20(26)21(27)14-18/h7-12,14,22H,4-6,13,15-16H2,1-3H3,(H,28,32). The third kappa shape index (κ3) is 8.27. The molecule has 1 unspecified atom stereocenters. The number of unbranched alkanes of at least 4 members (excludes halogenated alkanes) is 1. The molecule has 192 valence electrons. The molecule has 0 aliphatic carbocycles. The molecule has 2 rings (SSSR count). The molecule has 11 heteroatoms. The number of amides is 2. The quantitative estimate of drug-likeness (QED) is 0.363. The first-order valence-electron chi connectivity index (χ1n) is 11.2. The van der Waals surface area contributed by atoms with E-state index < -0.39 is 28.5 Å². The number of halogens is 3. The number of nitrogens with zero attached hydrogens (tertiary/aromatic N) is 2. The van der Waals surface area contributed by atoms with E-state index in [9.17, 15) is 18.0 Å². The highest BCUT2D eigenvalue weighted by molar-refractivity contribution is 7.92. The van der Waals surface area contributed by atoms with Crippen molar-refractivity contribution < 1.29 is 18.0 Å². The zero-order valence-electron chi connectivity index (χ0n) is 19.9. The van der Waals surface area contributed by atoms with Gasteiger partial charge in [0.15, 0.2) is 0 Å². The van der Waals surface area contributed by atoms with Crippen LogP contribution in [0.15, 0.2) is 42.5 Å². The first-order chi connectivity index (χ1) is 16.5. The van der Waals surface area contributed by atoms with Gasteiger partial charge in [0.05, 0.1) is 22.0 Å². The van der Waals surface area contributed by atoms with Crippen molar-refractivity contribution in [2.45, 2.75) is 45.7 Å². The number of benzene rings is 2. The molecule has 0 aliphatic heterocycles. The lowest BCUT2D eigenvalue weighted by Crippen LogP contribution is -2.52. The number of nitrogens with one attached hydrogen (secondary N) is 1. The molecule has 0 aromatic heterocycles. The van der Waals surface area contributed by atoms with Gasteiger partial charge in [-0.1, -0.05) is 73.3 Å². The van der Waals surface area contributed by atoms with Crippen LogP contribution in [0.4, 0.5) is 5.69 Å². The third-order valence-corrected chi connectivity index (χ3v) is 7.63. The highest BCUT2D eigenvalue weighted by Crippen LogP contribution is 2.29. The van der Waals surface area contributed by atoms with Gasteiger partial charge in [-0.3, -0.25) is 13.9 Å². The Hall–Kier alpha value is -2.00. The molecular weight excluding hydrogens is 533 g/mol. The molecule has 0 saturated heterocycles. The van der Waals surface area contributed by atoms with E-state index in [1.165, 1.54) is 23.1 Å². The van der Waals surface area contributed by atoms with Crippen LogP contribution in [0.5, 0.6) is 0 Å². The van der Waals surface area contributed by atoms with E-state index in [0.29, 0.717) is 23.6 Å². The van der Waals surface area contributed by atoms with Crippen molar-refractivity contribution in [1.82, 2.24) is 10.2 Å². The van der Waals surface area contributed by atoms with Gasteiger partial charge in [-0.2, -0.15) is 0 Å². The monoisotopic (exact) mass is 561 g/mol. The van der Waals surface area contributed by atoms with Crippen LogP contribution in [0.25, 0.3) is 0 Å². The van der Waals surface area contributed by atoms with Gasteiger partial charge in [0.25, 0.3) is 0 Å². The predicted molar refractivity (Wildman–Crippen MR) is 143 cm³/mol. The number of hydrogen-bond acceptors (Lipinski definition) is 4. The molecule has 0 spiro atoms. The van der Waals surface area contributed by atoms with Crippen LogP contribution in [0.2, 0.25) is 15.1 Å². The molecule has 0 radical (unpaired) electrons. The van der Waals surface area contributed by atoms with Crippen LogP contribution in [0.3, 0.4) is 0 Å². The SMILES string of the molecule is CCCCNC(=O)C(CC)N(Cc1ccccc1Cl)C(=O)CN(c1ccc(Cl)c(Cl)c1)S(C)(=O)=O. The van der Waals surface area contributed by atoms with E-state index in [1.807, 2.05) is 6.92 Å². The summed E-state index contributed by atoms with van der Waals surface area (Å²) in [7, 11) is -3.87. The number of rotatable bonds is 12. The second-order valence-electron chi connectivity index (χ2n) is 8.05.